The van der Waals surface area contributed by atoms with Crippen LogP contribution in [-0.4, -0.2) is 31.3 Å². The average Bonchev–Trinajstić information content (AvgIpc) is 2.05. The quantitative estimate of drug-likeness (QED) is 0.678. The second-order valence-electron chi connectivity index (χ2n) is 3.62. The first-order valence-electron chi connectivity index (χ1n) is 4.39. The van der Waals surface area contributed by atoms with Gasteiger partial charge in [0.2, 0.25) is 0 Å². The molecule has 0 aromatic carbocycles. The summed E-state index contributed by atoms with van der Waals surface area (Å²) in [5, 5.41) is 0. The summed E-state index contributed by atoms with van der Waals surface area (Å²) in [6.45, 7) is 12.6. The smallest absolute Gasteiger partial charge is 0.143 e. The average molecular weight is 204 g/mol. The van der Waals surface area contributed by atoms with Crippen molar-refractivity contribution in [1.29, 1.82) is 0 Å². The van der Waals surface area contributed by atoms with Gasteiger partial charge in [-0.15, -0.1) is 6.58 Å². The normalized spacial score (nSPS) is 10.6. The number of nitrogens with one attached hydrogen (secondary N) is 2. The van der Waals surface area contributed by atoms with E-state index in [4.69, 9.17) is 0 Å². The van der Waals surface area contributed by atoms with Gasteiger partial charge in [-0.3, -0.25) is 0 Å². The van der Waals surface area contributed by atoms with Crippen molar-refractivity contribution in [2.24, 2.45) is 0 Å². The molecular formula is C8H24N2Si2. The Labute approximate surface area is 80.2 Å². The van der Waals surface area contributed by atoms with E-state index in [0.29, 0.717) is 0 Å². The highest BCUT2D eigenvalue weighted by molar-refractivity contribution is 6.79. The Morgan fingerprint density at radius 3 is 1.58 bits per heavy atom. The molecule has 0 spiro atoms. The van der Waals surface area contributed by atoms with Crippen molar-refractivity contribution < 1.29 is 0 Å². The molecule has 0 saturated heterocycles. The second-order valence-corrected chi connectivity index (χ2v) is 10.9. The van der Waals surface area contributed by atoms with E-state index in [-0.39, 0.29) is 0 Å². The lowest BCUT2D eigenvalue weighted by Gasteiger charge is -2.13. The Bertz CT molecular complexity index is 114. The SMILES string of the molecule is C=C[Si](C)(C)NC.CN[SiH](C)C. The molecule has 74 valence electrons. The van der Waals surface area contributed by atoms with Crippen molar-refractivity contribution in [3.63, 3.8) is 0 Å². The molecule has 12 heavy (non-hydrogen) atoms. The molecule has 0 heterocycles. The predicted octanol–water partition coefficient (Wildman–Crippen LogP) is 1.33. The van der Waals surface area contributed by atoms with Crippen LogP contribution >= 0.6 is 0 Å². The van der Waals surface area contributed by atoms with E-state index in [1.54, 1.807) is 0 Å². The molecule has 0 amide bonds. The zero-order valence-electron chi connectivity index (χ0n) is 9.36. The highest BCUT2D eigenvalue weighted by Crippen LogP contribution is 1.93. The lowest BCUT2D eigenvalue weighted by molar-refractivity contribution is 1.18. The van der Waals surface area contributed by atoms with Crippen molar-refractivity contribution in [3.8, 4) is 0 Å². The molecule has 0 saturated carbocycles. The molecule has 0 aromatic rings. The van der Waals surface area contributed by atoms with Crippen LogP contribution in [-0.2, 0) is 0 Å². The third-order valence-corrected chi connectivity index (χ3v) is 5.20. The van der Waals surface area contributed by atoms with Crippen molar-refractivity contribution in [3.05, 3.63) is 12.3 Å². The molecule has 0 aromatic heterocycles. The second kappa shape index (κ2) is 7.73. The molecule has 4 heteroatoms. The minimum atomic E-state index is -1.14. The Morgan fingerprint density at radius 1 is 1.25 bits per heavy atom. The Morgan fingerprint density at radius 2 is 1.58 bits per heavy atom. The van der Waals surface area contributed by atoms with Gasteiger partial charge in [0, 0.05) is 0 Å². The maximum absolute atomic E-state index is 3.70. The van der Waals surface area contributed by atoms with Crippen LogP contribution in [0, 0.1) is 0 Å². The lowest BCUT2D eigenvalue weighted by Crippen LogP contribution is -2.39. The van der Waals surface area contributed by atoms with Gasteiger partial charge in [-0.05, 0) is 14.1 Å². The van der Waals surface area contributed by atoms with Gasteiger partial charge in [-0.25, -0.2) is 0 Å². The van der Waals surface area contributed by atoms with E-state index >= 15 is 0 Å². The van der Waals surface area contributed by atoms with Gasteiger partial charge in [-0.2, -0.15) is 0 Å². The standard InChI is InChI=1S/C5H13NSi.C3H11NSi/c1-5-7(3,4)6-2;1-4-5(2)3/h5-6H,1H2,2-4H3;4-5H,1-3H3. The Balaban J connectivity index is 0. The maximum Gasteiger partial charge on any atom is 0.143 e. The van der Waals surface area contributed by atoms with Crippen LogP contribution in [0.5, 0.6) is 0 Å². The van der Waals surface area contributed by atoms with E-state index in [2.05, 4.69) is 42.7 Å². The highest BCUT2D eigenvalue weighted by Gasteiger charge is 2.10. The Hall–Kier alpha value is 0.0938. The Kier molecular flexibility index (Phi) is 9.41. The summed E-state index contributed by atoms with van der Waals surface area (Å²) in [7, 11) is 2.45. The minimum Gasteiger partial charge on any atom is -0.343 e. The number of rotatable bonds is 3. The summed E-state index contributed by atoms with van der Waals surface area (Å²) >= 11 is 0. The van der Waals surface area contributed by atoms with Crippen LogP contribution in [0.3, 0.4) is 0 Å². The zero-order valence-corrected chi connectivity index (χ0v) is 11.5. The van der Waals surface area contributed by atoms with E-state index in [0.717, 1.165) is 0 Å². The van der Waals surface area contributed by atoms with Crippen molar-refractivity contribution in [2.75, 3.05) is 14.1 Å². The molecule has 0 unspecified atom stereocenters. The van der Waals surface area contributed by atoms with Crippen LogP contribution in [0.1, 0.15) is 0 Å². The van der Waals surface area contributed by atoms with Crippen LogP contribution < -0.4 is 9.96 Å². The van der Waals surface area contributed by atoms with Crippen molar-refractivity contribution in [2.45, 2.75) is 26.2 Å². The lowest BCUT2D eigenvalue weighted by atomic mass is 11.3. The van der Waals surface area contributed by atoms with E-state index in [1.165, 1.54) is 0 Å². The fraction of sp³-hybridized carbons (Fsp3) is 0.750. The first kappa shape index (κ1) is 14.6. The minimum absolute atomic E-state index is 0.400. The van der Waals surface area contributed by atoms with Gasteiger partial charge in [0.05, 0.1) is 0 Å². The largest absolute Gasteiger partial charge is 0.343 e. The summed E-state index contributed by atoms with van der Waals surface area (Å²) in [5.74, 6) is 0. The summed E-state index contributed by atoms with van der Waals surface area (Å²) < 4.78 is 0. The molecule has 0 aliphatic heterocycles. The summed E-state index contributed by atoms with van der Waals surface area (Å²) in [6.07, 6.45) is 0. The fourth-order valence-corrected chi connectivity index (χ4v) is 0.306. The van der Waals surface area contributed by atoms with E-state index in [1.807, 2.05) is 19.8 Å². The van der Waals surface area contributed by atoms with Gasteiger partial charge in [0.15, 0.2) is 0 Å². The highest BCUT2D eigenvalue weighted by atomic mass is 28.3. The summed E-state index contributed by atoms with van der Waals surface area (Å²) in [5.41, 5.74) is 2.02. The molecule has 0 bridgehead atoms. The van der Waals surface area contributed by atoms with Gasteiger partial charge in [0.1, 0.15) is 17.2 Å². The van der Waals surface area contributed by atoms with Gasteiger partial charge < -0.3 is 9.96 Å². The summed E-state index contributed by atoms with van der Waals surface area (Å²) in [4.78, 5) is 6.38. The van der Waals surface area contributed by atoms with Crippen molar-refractivity contribution >= 4 is 17.2 Å². The topological polar surface area (TPSA) is 24.1 Å². The summed E-state index contributed by atoms with van der Waals surface area (Å²) in [6, 6.07) is 0. The van der Waals surface area contributed by atoms with Crippen molar-refractivity contribution in [1.82, 2.24) is 9.96 Å². The molecule has 2 nitrogen and oxygen atoms in total. The van der Waals surface area contributed by atoms with Gasteiger partial charge >= 0.3 is 0 Å². The third kappa shape index (κ3) is 12.7. The fourth-order valence-electron chi connectivity index (χ4n) is 0.102. The molecule has 0 fully saturated rings. The number of hydrogen-bond acceptors (Lipinski definition) is 2. The number of hydrogen-bond donors (Lipinski definition) is 2. The van der Waals surface area contributed by atoms with Crippen LogP contribution in [0.2, 0.25) is 26.2 Å². The van der Waals surface area contributed by atoms with E-state index < -0.39 is 17.2 Å². The molecule has 0 aliphatic carbocycles. The molecule has 2 N–H and O–H groups in total. The van der Waals surface area contributed by atoms with Crippen LogP contribution in [0.4, 0.5) is 0 Å². The van der Waals surface area contributed by atoms with Gasteiger partial charge in [0.25, 0.3) is 0 Å². The van der Waals surface area contributed by atoms with E-state index in [9.17, 15) is 0 Å². The first-order chi connectivity index (χ1) is 5.39. The molecule has 0 rings (SSSR count). The van der Waals surface area contributed by atoms with Gasteiger partial charge in [-0.1, -0.05) is 31.9 Å². The monoisotopic (exact) mass is 204 g/mol. The molecule has 0 atom stereocenters. The third-order valence-electron chi connectivity index (χ3n) is 1.73. The molecule has 0 aliphatic rings. The molecule has 0 radical (unpaired) electrons. The maximum atomic E-state index is 3.70. The zero-order chi connectivity index (χ0) is 10.2. The van der Waals surface area contributed by atoms with Crippen LogP contribution in [0.25, 0.3) is 0 Å². The first-order valence-corrected chi connectivity index (χ1v) is 10.4. The predicted molar refractivity (Wildman–Crippen MR) is 64.7 cm³/mol. The molecular weight excluding hydrogens is 180 g/mol. The van der Waals surface area contributed by atoms with Crippen LogP contribution in [0.15, 0.2) is 12.3 Å².